The molecule has 8 nitrogen and oxygen atoms in total. The standard InChI is InChI=1S/C14H15F3N2O6S/c1-13(2)9(20)5-8(19(12(13)21)7-3-4-7)11-18-10(6-24-11)25-26(22,23)14(15,16)17/h6-8H,3-5H2,1-2H3. The number of likely N-dealkylation sites (tertiary alicyclic amines) is 1. The maximum Gasteiger partial charge on any atom is 0.534 e. The first kappa shape index (κ1) is 18.7. The SMILES string of the molecule is CC1(C)C(=O)CC(c2nc(OS(=O)(=O)C(F)(F)F)co2)N(C2CC2)C1=O. The van der Waals surface area contributed by atoms with Crippen molar-refractivity contribution in [1.29, 1.82) is 0 Å². The number of hydrogen-bond donors (Lipinski definition) is 0. The molecule has 2 fully saturated rings. The van der Waals surface area contributed by atoms with Crippen LogP contribution in [0.25, 0.3) is 0 Å². The minimum absolute atomic E-state index is 0.116. The van der Waals surface area contributed by atoms with Crippen LogP contribution in [0.4, 0.5) is 13.2 Å². The number of piperidine rings is 1. The Kier molecular flexibility index (Phi) is 4.09. The van der Waals surface area contributed by atoms with Gasteiger partial charge in [-0.3, -0.25) is 9.59 Å². The predicted octanol–water partition coefficient (Wildman–Crippen LogP) is 1.93. The third kappa shape index (κ3) is 3.06. The molecule has 1 aliphatic carbocycles. The second-order valence-corrected chi connectivity index (χ2v) is 8.26. The molecule has 1 aromatic rings. The van der Waals surface area contributed by atoms with Crippen LogP contribution in [-0.4, -0.2) is 41.5 Å². The van der Waals surface area contributed by atoms with Gasteiger partial charge in [0.2, 0.25) is 11.8 Å². The van der Waals surface area contributed by atoms with Gasteiger partial charge in [0.25, 0.3) is 5.88 Å². The Hall–Kier alpha value is -2.11. The van der Waals surface area contributed by atoms with E-state index in [4.69, 9.17) is 4.42 Å². The first-order valence-electron chi connectivity index (χ1n) is 7.67. The van der Waals surface area contributed by atoms with Gasteiger partial charge in [0, 0.05) is 12.5 Å². The lowest BCUT2D eigenvalue weighted by Crippen LogP contribution is -2.53. The lowest BCUT2D eigenvalue weighted by Gasteiger charge is -2.40. The maximum absolute atomic E-state index is 12.6. The summed E-state index contributed by atoms with van der Waals surface area (Å²) in [6, 6.07) is -1.03. The average molecular weight is 396 g/mol. The molecule has 144 valence electrons. The Morgan fingerprint density at radius 2 is 1.92 bits per heavy atom. The third-order valence-electron chi connectivity index (χ3n) is 4.39. The van der Waals surface area contributed by atoms with Gasteiger partial charge in [-0.1, -0.05) is 0 Å². The summed E-state index contributed by atoms with van der Waals surface area (Å²) in [5.74, 6) is -1.96. The Labute approximate surface area is 146 Å². The van der Waals surface area contributed by atoms with Crippen LogP contribution >= 0.6 is 0 Å². The van der Waals surface area contributed by atoms with Crippen molar-refractivity contribution >= 4 is 21.8 Å². The van der Waals surface area contributed by atoms with E-state index in [0.29, 0.717) is 6.26 Å². The number of amides is 1. The molecule has 0 bridgehead atoms. The van der Waals surface area contributed by atoms with E-state index < -0.39 is 38.9 Å². The zero-order chi connectivity index (χ0) is 19.5. The number of nitrogens with zero attached hydrogens (tertiary/aromatic N) is 2. The molecular formula is C14H15F3N2O6S. The predicted molar refractivity (Wildman–Crippen MR) is 78.1 cm³/mol. The van der Waals surface area contributed by atoms with Gasteiger partial charge >= 0.3 is 15.6 Å². The van der Waals surface area contributed by atoms with Crippen LogP contribution in [-0.2, 0) is 19.7 Å². The molecule has 12 heteroatoms. The summed E-state index contributed by atoms with van der Waals surface area (Å²) in [7, 11) is -5.90. The molecule has 2 aliphatic rings. The third-order valence-corrected chi connectivity index (χ3v) is 5.34. The van der Waals surface area contributed by atoms with Gasteiger partial charge in [-0.05, 0) is 26.7 Å². The fourth-order valence-corrected chi connectivity index (χ4v) is 3.11. The van der Waals surface area contributed by atoms with Crippen molar-refractivity contribution < 1.29 is 39.8 Å². The quantitative estimate of drug-likeness (QED) is 0.435. The highest BCUT2D eigenvalue weighted by molar-refractivity contribution is 7.87. The number of Topliss-reactive ketones (excluding diaryl/α,β-unsaturated/α-hetero) is 1. The van der Waals surface area contributed by atoms with Crippen LogP contribution < -0.4 is 4.18 Å². The van der Waals surface area contributed by atoms with Crippen molar-refractivity contribution in [2.75, 3.05) is 0 Å². The van der Waals surface area contributed by atoms with E-state index in [-0.39, 0.29) is 24.1 Å². The molecule has 1 atom stereocenters. The molecule has 1 aliphatic heterocycles. The molecule has 0 aromatic carbocycles. The molecule has 3 rings (SSSR count). The number of halogens is 3. The first-order valence-corrected chi connectivity index (χ1v) is 9.07. The van der Waals surface area contributed by atoms with Gasteiger partial charge in [0.15, 0.2) is 6.26 Å². The lowest BCUT2D eigenvalue weighted by atomic mass is 9.78. The van der Waals surface area contributed by atoms with Gasteiger partial charge in [-0.2, -0.15) is 26.6 Å². The van der Waals surface area contributed by atoms with Crippen molar-refractivity contribution in [3.05, 3.63) is 12.2 Å². The number of rotatable bonds is 4. The van der Waals surface area contributed by atoms with E-state index in [1.165, 1.54) is 18.7 Å². The molecule has 2 heterocycles. The molecular weight excluding hydrogens is 381 g/mol. The smallest absolute Gasteiger partial charge is 0.443 e. The highest BCUT2D eigenvalue weighted by Crippen LogP contribution is 2.44. The van der Waals surface area contributed by atoms with Gasteiger partial charge in [-0.15, -0.1) is 0 Å². The number of aromatic nitrogens is 1. The Morgan fingerprint density at radius 3 is 2.46 bits per heavy atom. The summed E-state index contributed by atoms with van der Waals surface area (Å²) in [5, 5.41) is 0. The normalized spacial score (nSPS) is 24.0. The largest absolute Gasteiger partial charge is 0.534 e. The molecule has 1 aromatic heterocycles. The van der Waals surface area contributed by atoms with Crippen molar-refractivity contribution in [3.63, 3.8) is 0 Å². The highest BCUT2D eigenvalue weighted by atomic mass is 32.2. The molecule has 1 saturated carbocycles. The molecule has 26 heavy (non-hydrogen) atoms. The summed E-state index contributed by atoms with van der Waals surface area (Å²) in [6.07, 6.45) is 1.90. The van der Waals surface area contributed by atoms with Crippen LogP contribution in [0.5, 0.6) is 5.88 Å². The Morgan fingerprint density at radius 1 is 1.31 bits per heavy atom. The number of hydrogen-bond acceptors (Lipinski definition) is 7. The topological polar surface area (TPSA) is 107 Å². The van der Waals surface area contributed by atoms with Crippen molar-refractivity contribution in [2.45, 2.75) is 50.7 Å². The lowest BCUT2D eigenvalue weighted by molar-refractivity contribution is -0.157. The minimum Gasteiger partial charge on any atom is -0.443 e. The van der Waals surface area contributed by atoms with E-state index in [1.54, 1.807) is 0 Å². The number of oxazole rings is 1. The van der Waals surface area contributed by atoms with Crippen LogP contribution in [0.1, 0.15) is 45.0 Å². The van der Waals surface area contributed by atoms with E-state index in [1.807, 2.05) is 0 Å². The summed E-state index contributed by atoms with van der Waals surface area (Å²) >= 11 is 0. The summed E-state index contributed by atoms with van der Waals surface area (Å²) in [4.78, 5) is 30.0. The van der Waals surface area contributed by atoms with Crippen molar-refractivity contribution in [1.82, 2.24) is 9.88 Å². The second kappa shape index (κ2) is 5.69. The number of carbonyl (C=O) groups is 2. The van der Waals surface area contributed by atoms with E-state index >= 15 is 0 Å². The van der Waals surface area contributed by atoms with Crippen molar-refractivity contribution in [3.8, 4) is 5.88 Å². The van der Waals surface area contributed by atoms with Gasteiger partial charge in [0.1, 0.15) is 17.2 Å². The van der Waals surface area contributed by atoms with Crippen LogP contribution in [0.15, 0.2) is 10.7 Å². The van der Waals surface area contributed by atoms with Gasteiger partial charge in [0.05, 0.1) is 0 Å². The molecule has 0 N–H and O–H groups in total. The molecule has 0 spiro atoms. The minimum atomic E-state index is -5.90. The van der Waals surface area contributed by atoms with E-state index in [9.17, 15) is 31.2 Å². The molecule has 1 saturated heterocycles. The highest BCUT2D eigenvalue weighted by Gasteiger charge is 2.53. The summed E-state index contributed by atoms with van der Waals surface area (Å²) in [5.41, 5.74) is -6.84. The number of carbonyl (C=O) groups excluding carboxylic acids is 2. The number of ketones is 1. The van der Waals surface area contributed by atoms with Crippen LogP contribution in [0.2, 0.25) is 0 Å². The fraction of sp³-hybridized carbons (Fsp3) is 0.643. The monoisotopic (exact) mass is 396 g/mol. The van der Waals surface area contributed by atoms with Gasteiger partial charge in [-0.25, -0.2) is 0 Å². The average Bonchev–Trinajstić information content (AvgIpc) is 3.23. The van der Waals surface area contributed by atoms with E-state index in [0.717, 1.165) is 12.8 Å². The zero-order valence-electron chi connectivity index (χ0n) is 13.7. The van der Waals surface area contributed by atoms with Crippen LogP contribution in [0.3, 0.4) is 0 Å². The first-order chi connectivity index (χ1) is 11.8. The fourth-order valence-electron chi connectivity index (χ4n) is 2.72. The molecule has 0 radical (unpaired) electrons. The van der Waals surface area contributed by atoms with Crippen molar-refractivity contribution in [2.24, 2.45) is 5.41 Å². The van der Waals surface area contributed by atoms with E-state index in [2.05, 4.69) is 9.17 Å². The maximum atomic E-state index is 12.6. The Bertz CT molecular complexity index is 856. The number of alkyl halides is 3. The Balaban J connectivity index is 1.88. The van der Waals surface area contributed by atoms with Gasteiger partial charge < -0.3 is 13.5 Å². The zero-order valence-corrected chi connectivity index (χ0v) is 14.6. The molecule has 1 amide bonds. The second-order valence-electron chi connectivity index (χ2n) is 6.72. The molecule has 1 unspecified atom stereocenters. The van der Waals surface area contributed by atoms with Crippen LogP contribution in [0, 0.1) is 5.41 Å². The summed E-state index contributed by atoms with van der Waals surface area (Å²) < 4.78 is 68.1. The summed E-state index contributed by atoms with van der Waals surface area (Å²) in [6.45, 7) is 3.01.